The number of rotatable bonds is 10. The van der Waals surface area contributed by atoms with Crippen LogP contribution in [0.25, 0.3) is 11.0 Å². The third-order valence-electron chi connectivity index (χ3n) is 8.06. The van der Waals surface area contributed by atoms with Crippen molar-refractivity contribution in [2.24, 2.45) is 0 Å². The number of hydrogen-bond acceptors (Lipinski definition) is 2. The minimum atomic E-state index is -1.60. The van der Waals surface area contributed by atoms with Crippen molar-refractivity contribution in [1.82, 2.24) is 0 Å². The van der Waals surface area contributed by atoms with Gasteiger partial charge in [0.15, 0.2) is 5.78 Å². The van der Waals surface area contributed by atoms with E-state index in [0.29, 0.717) is 12.3 Å². The Hall–Kier alpha value is -1.48. The molecule has 0 aliphatic heterocycles. The number of furan rings is 1. The Morgan fingerprint density at radius 2 is 1.29 bits per heavy atom. The third kappa shape index (κ3) is 5.35. The topological polar surface area (TPSA) is 30.2 Å². The average molecular weight is 525 g/mol. The summed E-state index contributed by atoms with van der Waals surface area (Å²) < 4.78 is 6.51. The summed E-state index contributed by atoms with van der Waals surface area (Å²) in [6.07, 6.45) is 1.46. The van der Waals surface area contributed by atoms with Crippen molar-refractivity contribution < 1.29 is 9.21 Å². The number of Topliss-reactive ketones (excluding diaryl/α,β-unsaturated/α-hetero) is 1. The van der Waals surface area contributed by atoms with Gasteiger partial charge in [-0.05, 0) is 18.6 Å². The predicted molar refractivity (Wildman–Crippen MR) is 160 cm³/mol. The lowest BCUT2D eigenvalue weighted by Crippen LogP contribution is -2.82. The number of hydrogen-bond donors (Lipinski definition) is 0. The monoisotopic (exact) mass is 524 g/mol. The summed E-state index contributed by atoms with van der Waals surface area (Å²) in [5.74, 6) is 1.67. The fourth-order valence-corrected chi connectivity index (χ4v) is 106. The molecular weight excluding hydrogens is 481 g/mol. The van der Waals surface area contributed by atoms with E-state index in [1.807, 2.05) is 30.3 Å². The number of carbonyl (C=O) groups is 1. The van der Waals surface area contributed by atoms with Gasteiger partial charge in [-0.25, -0.2) is 0 Å². The van der Waals surface area contributed by atoms with E-state index < -0.39 is 29.4 Å². The molecule has 0 N–H and O–H groups in total. The van der Waals surface area contributed by atoms with Crippen LogP contribution >= 0.6 is 0 Å². The van der Waals surface area contributed by atoms with E-state index >= 15 is 0 Å². The Morgan fingerprint density at radius 1 is 0.765 bits per heavy atom. The van der Waals surface area contributed by atoms with E-state index in [9.17, 15) is 4.79 Å². The van der Waals surface area contributed by atoms with Gasteiger partial charge in [0.2, 0.25) is 0 Å². The van der Waals surface area contributed by atoms with Crippen LogP contribution in [-0.4, -0.2) is 35.2 Å². The molecular formula is C28H44O2Si4. The first-order chi connectivity index (χ1) is 15.7. The van der Waals surface area contributed by atoms with Gasteiger partial charge in [0.05, 0.1) is 0 Å². The van der Waals surface area contributed by atoms with Crippen LogP contribution in [0.2, 0.25) is 65.0 Å². The maximum absolute atomic E-state index is 13.1. The van der Waals surface area contributed by atoms with Crippen LogP contribution in [0.15, 0.2) is 65.1 Å². The molecule has 1 heterocycles. The van der Waals surface area contributed by atoms with E-state index in [4.69, 9.17) is 4.42 Å². The van der Waals surface area contributed by atoms with E-state index in [2.05, 4.69) is 89.3 Å². The highest BCUT2D eigenvalue weighted by Gasteiger charge is 2.61. The molecule has 0 saturated carbocycles. The molecule has 3 aromatic rings. The van der Waals surface area contributed by atoms with Crippen molar-refractivity contribution in [3.05, 3.63) is 72.0 Å². The molecule has 6 heteroatoms. The lowest BCUT2D eigenvalue weighted by atomic mass is 9.98. The van der Waals surface area contributed by atoms with Gasteiger partial charge in [-0.3, -0.25) is 4.79 Å². The molecule has 2 aromatic carbocycles. The van der Waals surface area contributed by atoms with Crippen LogP contribution in [0, 0.1) is 0 Å². The van der Waals surface area contributed by atoms with E-state index in [1.165, 1.54) is 11.4 Å². The molecule has 0 saturated heterocycles. The van der Waals surface area contributed by atoms with Crippen LogP contribution < -0.4 is 0 Å². The molecule has 1 atom stereocenters. The highest BCUT2D eigenvalue weighted by atomic mass is 29.9. The standard InChI is InChI=1S/C28H44O2Si4/c1-31(2,3)34(32(4,5)6,33(7,8)9)22-25(19-20-26(29)23-15-11-10-12-16-23)28-21-24-17-13-14-18-27(24)30-28/h10-18,21,25H,19-20,22H2,1-9H3. The number of benzene rings is 2. The Balaban J connectivity index is 2.07. The van der Waals surface area contributed by atoms with E-state index in [-0.39, 0.29) is 5.78 Å². The first-order valence-corrected chi connectivity index (χ1v) is 28.4. The summed E-state index contributed by atoms with van der Waals surface area (Å²) in [5.41, 5.74) is 1.80. The second-order valence-corrected chi connectivity index (χ2v) is 54.5. The smallest absolute Gasteiger partial charge is 0.162 e. The zero-order valence-electron chi connectivity index (χ0n) is 22.8. The molecule has 1 aromatic heterocycles. The SMILES string of the molecule is C[Si](C)(C)[Si](CC(CCC(=O)c1ccccc1)c1cc2ccccc2o1)([Si](C)(C)C)[Si](C)(C)C. The molecule has 2 nitrogen and oxygen atoms in total. The number of ketones is 1. The van der Waals surface area contributed by atoms with Gasteiger partial charge in [0.25, 0.3) is 0 Å². The molecule has 0 bridgehead atoms. The Labute approximate surface area is 210 Å². The summed E-state index contributed by atoms with van der Waals surface area (Å²) >= 11 is 0. The lowest BCUT2D eigenvalue weighted by molar-refractivity contribution is 0.0977. The number of fused-ring (bicyclic) bond motifs is 1. The average Bonchev–Trinajstić information content (AvgIpc) is 3.15. The first-order valence-electron chi connectivity index (χ1n) is 12.7. The fraction of sp³-hybridized carbons (Fsp3) is 0.464. The fourth-order valence-electron chi connectivity index (χ4n) is 7.29. The molecule has 0 fully saturated rings. The van der Waals surface area contributed by atoms with Gasteiger partial charge in [-0.2, -0.15) is 0 Å². The normalized spacial score (nSPS) is 14.4. The largest absolute Gasteiger partial charge is 0.461 e. The molecule has 184 valence electrons. The number of para-hydroxylation sites is 1. The van der Waals surface area contributed by atoms with Gasteiger partial charge < -0.3 is 4.42 Å². The van der Waals surface area contributed by atoms with Crippen LogP contribution in [0.1, 0.15) is 34.9 Å². The van der Waals surface area contributed by atoms with Crippen LogP contribution in [0.3, 0.4) is 0 Å². The third-order valence-corrected chi connectivity index (χ3v) is 82.2. The van der Waals surface area contributed by atoms with E-state index in [1.54, 1.807) is 0 Å². The molecule has 0 aliphatic carbocycles. The highest BCUT2D eigenvalue weighted by molar-refractivity contribution is 7.89. The minimum Gasteiger partial charge on any atom is -0.461 e. The van der Waals surface area contributed by atoms with Crippen molar-refractivity contribution >= 4 is 46.2 Å². The van der Waals surface area contributed by atoms with Crippen LogP contribution in [0.5, 0.6) is 0 Å². The molecule has 0 spiro atoms. The van der Waals surface area contributed by atoms with Crippen molar-refractivity contribution in [1.29, 1.82) is 0 Å². The lowest BCUT2D eigenvalue weighted by Gasteiger charge is -2.58. The number of carbonyl (C=O) groups excluding carboxylic acids is 1. The Kier molecular flexibility index (Phi) is 7.87. The maximum Gasteiger partial charge on any atom is 0.162 e. The van der Waals surface area contributed by atoms with Gasteiger partial charge in [0.1, 0.15) is 11.3 Å². The maximum atomic E-state index is 13.1. The van der Waals surface area contributed by atoms with Crippen LogP contribution in [0.4, 0.5) is 0 Å². The second-order valence-electron chi connectivity index (χ2n) is 13.1. The quantitative estimate of drug-likeness (QED) is 0.196. The van der Waals surface area contributed by atoms with Gasteiger partial charge in [-0.1, -0.05) is 113 Å². The molecule has 0 radical (unpaired) electrons. The summed E-state index contributed by atoms with van der Waals surface area (Å²) in [6.45, 7) is 22.3. The highest BCUT2D eigenvalue weighted by Crippen LogP contribution is 2.46. The van der Waals surface area contributed by atoms with Crippen LogP contribution in [-0.2, 0) is 0 Å². The van der Waals surface area contributed by atoms with Crippen molar-refractivity contribution in [3.63, 3.8) is 0 Å². The molecule has 0 aliphatic rings. The molecule has 1 unspecified atom stereocenters. The summed E-state index contributed by atoms with van der Waals surface area (Å²) in [5, 5.41) is 1.18. The summed E-state index contributed by atoms with van der Waals surface area (Å²) in [7, 11) is -4.28. The van der Waals surface area contributed by atoms with Crippen molar-refractivity contribution in [3.8, 4) is 0 Å². The molecule has 34 heavy (non-hydrogen) atoms. The van der Waals surface area contributed by atoms with Gasteiger partial charge >= 0.3 is 0 Å². The molecule has 0 amide bonds. The van der Waals surface area contributed by atoms with Gasteiger partial charge in [-0.15, -0.1) is 0 Å². The zero-order chi connectivity index (χ0) is 25.4. The van der Waals surface area contributed by atoms with E-state index in [0.717, 1.165) is 23.3 Å². The van der Waals surface area contributed by atoms with Gasteiger partial charge in [0, 0.05) is 52.7 Å². The van der Waals surface area contributed by atoms with Crippen molar-refractivity contribution in [2.45, 2.75) is 83.7 Å². The van der Waals surface area contributed by atoms with Crippen molar-refractivity contribution in [2.75, 3.05) is 0 Å². The summed E-state index contributed by atoms with van der Waals surface area (Å²) in [4.78, 5) is 13.1. The second kappa shape index (κ2) is 9.88. The first kappa shape index (κ1) is 27.1. The Morgan fingerprint density at radius 3 is 1.82 bits per heavy atom. The predicted octanol–water partition coefficient (Wildman–Crippen LogP) is 8.88. The minimum absolute atomic E-state index is 0.253. The zero-order valence-corrected chi connectivity index (χ0v) is 26.8. The molecule has 3 rings (SSSR count). The Bertz CT molecular complexity index is 1050. The summed E-state index contributed by atoms with van der Waals surface area (Å²) in [6, 6.07) is 21.7.